The molecule has 6 nitrogen and oxygen atoms in total. The Labute approximate surface area is 222 Å². The largest absolute Gasteiger partial charge is 0.456 e. The Bertz CT molecular complexity index is 2490. The van der Waals surface area contributed by atoms with Gasteiger partial charge in [-0.1, -0.05) is 0 Å². The summed E-state index contributed by atoms with van der Waals surface area (Å²) >= 11 is 0. The fourth-order valence-corrected chi connectivity index (χ4v) is 6.63. The molecule has 6 heteroatoms. The van der Waals surface area contributed by atoms with Gasteiger partial charge in [-0.2, -0.15) is 0 Å². The number of rotatable bonds is 0. The van der Waals surface area contributed by atoms with Gasteiger partial charge in [0.2, 0.25) is 0 Å². The molecule has 0 saturated carbocycles. The number of hydrogen-bond donors (Lipinski definition) is 0. The minimum absolute atomic E-state index is 0.725. The van der Waals surface area contributed by atoms with Crippen molar-refractivity contribution in [1.29, 1.82) is 0 Å². The highest BCUT2D eigenvalue weighted by Crippen LogP contribution is 2.42. The Morgan fingerprint density at radius 2 is 0.725 bits per heavy atom. The lowest BCUT2D eigenvalue weighted by Crippen LogP contribution is -1.81. The Hall–Kier alpha value is -5.62. The summed E-state index contributed by atoms with van der Waals surface area (Å²) in [5, 5.41) is 7.93. The Balaban J connectivity index is 1.50. The van der Waals surface area contributed by atoms with Crippen LogP contribution >= 0.6 is 0 Å². The van der Waals surface area contributed by atoms with Crippen LogP contribution < -0.4 is 0 Å². The lowest BCUT2D eigenvalue weighted by Gasteiger charge is -1.99. The van der Waals surface area contributed by atoms with E-state index in [0.717, 1.165) is 110 Å². The third kappa shape index (κ3) is 2.20. The average molecular weight is 514 g/mol. The number of furan rings is 4. The second-order valence-electron chi connectivity index (χ2n) is 10.5. The highest BCUT2D eigenvalue weighted by atomic mass is 16.3. The van der Waals surface area contributed by atoms with Crippen LogP contribution in [0.25, 0.3) is 110 Å². The summed E-state index contributed by atoms with van der Waals surface area (Å²) < 4.78 is 25.2. The van der Waals surface area contributed by atoms with Crippen LogP contribution in [0.3, 0.4) is 0 Å². The van der Waals surface area contributed by atoms with Crippen molar-refractivity contribution in [1.82, 2.24) is 9.97 Å². The van der Waals surface area contributed by atoms with E-state index in [9.17, 15) is 0 Å². The summed E-state index contributed by atoms with van der Waals surface area (Å²) in [6, 6.07) is 28.4. The fourth-order valence-electron chi connectivity index (χ4n) is 6.63. The van der Waals surface area contributed by atoms with E-state index in [4.69, 9.17) is 27.6 Å². The van der Waals surface area contributed by atoms with Gasteiger partial charge in [-0.25, -0.2) is 9.97 Å². The normalized spacial score (nSPS) is 13.0. The average Bonchev–Trinajstić information content (AvgIpc) is 3.73. The molecule has 0 N–H and O–H groups in total. The lowest BCUT2D eigenvalue weighted by molar-refractivity contribution is 0.662. The molecule has 40 heavy (non-hydrogen) atoms. The number of aromatic nitrogens is 2. The first-order valence-corrected chi connectivity index (χ1v) is 13.1. The van der Waals surface area contributed by atoms with Gasteiger partial charge < -0.3 is 17.7 Å². The molecule has 0 aliphatic heterocycles. The molecule has 0 amide bonds. The van der Waals surface area contributed by atoms with Crippen LogP contribution in [0.4, 0.5) is 0 Å². The zero-order chi connectivity index (χ0) is 25.7. The van der Waals surface area contributed by atoms with E-state index in [1.165, 1.54) is 0 Å². The molecule has 0 spiro atoms. The zero-order valence-corrected chi connectivity index (χ0v) is 20.6. The topological polar surface area (TPSA) is 78.3 Å². The molecular weight excluding hydrogens is 500 g/mol. The second-order valence-corrected chi connectivity index (χ2v) is 10.5. The predicted octanol–water partition coefficient (Wildman–Crippen LogP) is 9.82. The van der Waals surface area contributed by atoms with Gasteiger partial charge in [0, 0.05) is 32.3 Å². The Kier molecular flexibility index (Phi) is 3.08. The van der Waals surface area contributed by atoms with Gasteiger partial charge in [0.15, 0.2) is 11.2 Å². The molecule has 0 saturated heterocycles. The third-order valence-electron chi connectivity index (χ3n) is 8.42. The molecule has 184 valence electrons. The summed E-state index contributed by atoms with van der Waals surface area (Å²) in [5.41, 5.74) is 9.53. The van der Waals surface area contributed by atoms with Gasteiger partial charge in [0.1, 0.15) is 44.5 Å². The number of hydrogen-bond acceptors (Lipinski definition) is 6. The van der Waals surface area contributed by atoms with Crippen molar-refractivity contribution in [3.8, 4) is 0 Å². The maximum absolute atomic E-state index is 6.32. The zero-order valence-electron chi connectivity index (χ0n) is 20.6. The summed E-state index contributed by atoms with van der Waals surface area (Å²) in [6.45, 7) is 0. The van der Waals surface area contributed by atoms with Crippen molar-refractivity contribution in [3.63, 3.8) is 0 Å². The lowest BCUT2D eigenvalue weighted by atomic mass is 10.0. The van der Waals surface area contributed by atoms with Gasteiger partial charge >= 0.3 is 0 Å². The van der Waals surface area contributed by atoms with Crippen molar-refractivity contribution in [3.05, 3.63) is 84.9 Å². The molecular formula is C34H14N2O4. The van der Waals surface area contributed by atoms with E-state index >= 15 is 0 Å². The fraction of sp³-hybridized carbons (Fsp3) is 0. The summed E-state index contributed by atoms with van der Waals surface area (Å²) in [7, 11) is 0. The van der Waals surface area contributed by atoms with Crippen LogP contribution in [0.15, 0.2) is 103 Å². The van der Waals surface area contributed by atoms with Crippen LogP contribution in [0.1, 0.15) is 0 Å². The Morgan fingerprint density at radius 3 is 1.20 bits per heavy atom. The number of nitrogens with zero attached hydrogens (tertiary/aromatic N) is 2. The molecule has 7 aromatic heterocycles. The predicted molar refractivity (Wildman–Crippen MR) is 157 cm³/mol. The molecule has 11 aromatic rings. The number of pyridine rings is 2. The first kappa shape index (κ1) is 19.4. The molecule has 0 unspecified atom stereocenters. The van der Waals surface area contributed by atoms with E-state index in [2.05, 4.69) is 24.3 Å². The van der Waals surface area contributed by atoms with Crippen LogP contribution in [-0.4, -0.2) is 9.97 Å². The van der Waals surface area contributed by atoms with Gasteiger partial charge in [0.25, 0.3) is 0 Å². The summed E-state index contributed by atoms with van der Waals surface area (Å²) in [6.07, 6.45) is 0. The smallest absolute Gasteiger partial charge is 0.153 e. The number of benzene rings is 4. The number of fused-ring (bicyclic) bond motifs is 6. The monoisotopic (exact) mass is 514 g/mol. The highest BCUT2D eigenvalue weighted by Gasteiger charge is 2.20. The molecule has 7 heterocycles. The highest BCUT2D eigenvalue weighted by molar-refractivity contribution is 6.28. The second kappa shape index (κ2) is 6.33. The van der Waals surface area contributed by atoms with Gasteiger partial charge in [-0.3, -0.25) is 0 Å². The maximum atomic E-state index is 6.32. The van der Waals surface area contributed by atoms with E-state index in [0.29, 0.717) is 0 Å². The minimum atomic E-state index is 0.725. The molecule has 0 atom stereocenters. The van der Waals surface area contributed by atoms with Gasteiger partial charge in [-0.15, -0.1) is 0 Å². The van der Waals surface area contributed by atoms with E-state index < -0.39 is 0 Å². The first-order valence-electron chi connectivity index (χ1n) is 13.1. The summed E-state index contributed by atoms with van der Waals surface area (Å²) in [5.74, 6) is 0. The molecule has 4 aromatic carbocycles. The van der Waals surface area contributed by atoms with Crippen LogP contribution in [0, 0.1) is 0 Å². The van der Waals surface area contributed by atoms with Crippen LogP contribution in [0.5, 0.6) is 0 Å². The molecule has 11 rings (SSSR count). The standard InChI is InChI=1S/C34H14N2O4/c1-5-21-17-13-15(1)19-3-7-27-33(35-19)31-25(39-27)11-12-26-32(31)34-28(40-26)8-4-20(36-34)16-2-6-22-18(14-16)30-24(38-22)10-9-23(37-21)29(17)30/h1-14H. The maximum Gasteiger partial charge on any atom is 0.153 e. The van der Waals surface area contributed by atoms with Gasteiger partial charge in [0.05, 0.1) is 21.8 Å². The third-order valence-corrected chi connectivity index (χ3v) is 8.42. The van der Waals surface area contributed by atoms with E-state index in [1.54, 1.807) is 0 Å². The van der Waals surface area contributed by atoms with Gasteiger partial charge in [-0.05, 0) is 84.9 Å². The minimum Gasteiger partial charge on any atom is -0.456 e. The molecule has 0 aliphatic carbocycles. The molecule has 8 bridgehead atoms. The summed E-state index contributed by atoms with van der Waals surface area (Å²) in [4.78, 5) is 10.3. The first-order chi connectivity index (χ1) is 19.8. The van der Waals surface area contributed by atoms with Crippen molar-refractivity contribution < 1.29 is 17.7 Å². The van der Waals surface area contributed by atoms with Crippen molar-refractivity contribution in [2.45, 2.75) is 0 Å². The van der Waals surface area contributed by atoms with Crippen LogP contribution in [0.2, 0.25) is 0 Å². The van der Waals surface area contributed by atoms with Crippen molar-refractivity contribution in [2.24, 2.45) is 0 Å². The van der Waals surface area contributed by atoms with Crippen molar-refractivity contribution >= 4 is 110 Å². The molecule has 0 fully saturated rings. The van der Waals surface area contributed by atoms with Crippen LogP contribution in [-0.2, 0) is 0 Å². The van der Waals surface area contributed by atoms with E-state index in [1.807, 2.05) is 60.7 Å². The van der Waals surface area contributed by atoms with Crippen molar-refractivity contribution in [2.75, 3.05) is 0 Å². The van der Waals surface area contributed by atoms with E-state index in [-0.39, 0.29) is 0 Å². The quantitative estimate of drug-likeness (QED) is 0.200. The molecule has 0 aliphatic rings. The SMILES string of the molecule is c1cc2oc3ccc4oc5ccc6cc5c4c3c2cc1c1ccc2oc3ccc4oc5ccc6nc5c4c3c2n1. The molecule has 0 radical (unpaired) electrons. The Morgan fingerprint density at radius 1 is 0.350 bits per heavy atom.